The average molecular weight is 331 g/mol. The first kappa shape index (κ1) is 16.1. The summed E-state index contributed by atoms with van der Waals surface area (Å²) in [6.07, 6.45) is -1.74. The molecular weight excluding hydrogens is 311 g/mol. The van der Waals surface area contributed by atoms with Gasteiger partial charge in [-0.1, -0.05) is 6.07 Å². The molecule has 0 aliphatic heterocycles. The van der Waals surface area contributed by atoms with Crippen LogP contribution in [0.1, 0.15) is 62.8 Å². The zero-order valence-electron chi connectivity index (χ0n) is 12.9. The standard InChI is InChI=1S/C16H20F3NOS/c1-14(2,3)22(21)20-13-9-15(6-7-15)12-8-10(16(17,18)19)4-5-11(12)13/h4-5,8,13,20H,6-7,9H2,1-3H3/t13-,22?/m1/s1. The second kappa shape index (κ2) is 4.89. The Kier molecular flexibility index (Phi) is 3.59. The molecule has 2 aliphatic rings. The van der Waals surface area contributed by atoms with Crippen LogP contribution in [0.3, 0.4) is 0 Å². The molecule has 2 aliphatic carbocycles. The lowest BCUT2D eigenvalue weighted by atomic mass is 9.96. The van der Waals surface area contributed by atoms with E-state index in [1.165, 1.54) is 6.07 Å². The average Bonchev–Trinajstić information content (AvgIpc) is 3.09. The van der Waals surface area contributed by atoms with Crippen LogP contribution in [0.5, 0.6) is 0 Å². The molecule has 2 nitrogen and oxygen atoms in total. The minimum absolute atomic E-state index is 0.125. The summed E-state index contributed by atoms with van der Waals surface area (Å²) in [5.74, 6) is 0. The quantitative estimate of drug-likeness (QED) is 0.823. The monoisotopic (exact) mass is 331 g/mol. The predicted molar refractivity (Wildman–Crippen MR) is 80.7 cm³/mol. The summed E-state index contributed by atoms with van der Waals surface area (Å²) in [4.78, 5) is 0. The lowest BCUT2D eigenvalue weighted by Gasteiger charge is -2.26. The summed E-state index contributed by atoms with van der Waals surface area (Å²) in [5, 5.41) is 0. The summed E-state index contributed by atoms with van der Waals surface area (Å²) in [7, 11) is 0. The van der Waals surface area contributed by atoms with E-state index in [1.807, 2.05) is 20.8 Å². The van der Waals surface area contributed by atoms with Crippen molar-refractivity contribution in [1.29, 1.82) is 0 Å². The molecule has 1 unspecified atom stereocenters. The van der Waals surface area contributed by atoms with Gasteiger partial charge in [-0.2, -0.15) is 13.2 Å². The number of halogens is 3. The summed E-state index contributed by atoms with van der Waals surface area (Å²) in [6.45, 7) is 5.64. The Bertz CT molecular complexity index is 590. The minimum atomic E-state index is -4.31. The van der Waals surface area contributed by atoms with Crippen molar-refractivity contribution in [2.75, 3.05) is 0 Å². The molecule has 6 heteroatoms. The van der Waals surface area contributed by atoms with E-state index in [4.69, 9.17) is 0 Å². The highest BCUT2D eigenvalue weighted by Crippen LogP contribution is 2.60. The van der Waals surface area contributed by atoms with Crippen LogP contribution in [-0.2, 0) is 23.0 Å². The van der Waals surface area contributed by atoms with Crippen molar-refractivity contribution in [2.24, 2.45) is 0 Å². The van der Waals surface area contributed by atoms with Crippen LogP contribution < -0.4 is 4.72 Å². The number of alkyl halides is 3. The maximum atomic E-state index is 12.9. The summed E-state index contributed by atoms with van der Waals surface area (Å²) < 4.78 is 53.8. The van der Waals surface area contributed by atoms with E-state index in [1.54, 1.807) is 6.07 Å². The van der Waals surface area contributed by atoms with Gasteiger partial charge in [0.25, 0.3) is 0 Å². The Balaban J connectivity index is 1.91. The van der Waals surface area contributed by atoms with Crippen LogP contribution in [0.4, 0.5) is 13.2 Å². The number of nitrogens with one attached hydrogen (secondary N) is 1. The van der Waals surface area contributed by atoms with E-state index < -0.39 is 27.8 Å². The molecule has 1 fully saturated rings. The van der Waals surface area contributed by atoms with Crippen LogP contribution in [0.25, 0.3) is 0 Å². The van der Waals surface area contributed by atoms with Crippen LogP contribution in [0.15, 0.2) is 18.2 Å². The Morgan fingerprint density at radius 3 is 2.36 bits per heavy atom. The molecule has 3 rings (SSSR count). The van der Waals surface area contributed by atoms with E-state index in [0.717, 1.165) is 36.5 Å². The first-order valence-corrected chi connectivity index (χ1v) is 8.58. The Morgan fingerprint density at radius 1 is 1.23 bits per heavy atom. The van der Waals surface area contributed by atoms with Gasteiger partial charge >= 0.3 is 6.18 Å². The van der Waals surface area contributed by atoms with Gasteiger partial charge in [0, 0.05) is 11.4 Å². The van der Waals surface area contributed by atoms with E-state index >= 15 is 0 Å². The van der Waals surface area contributed by atoms with Crippen LogP contribution in [-0.4, -0.2) is 9.30 Å². The van der Waals surface area contributed by atoms with Crippen molar-refractivity contribution >= 4 is 11.4 Å². The molecule has 0 radical (unpaired) electrons. The number of rotatable bonds is 2. The van der Waals surface area contributed by atoms with Crippen LogP contribution in [0, 0.1) is 0 Å². The third-order valence-electron chi connectivity index (χ3n) is 4.58. The molecule has 1 saturated carbocycles. The van der Waals surface area contributed by atoms with Gasteiger partial charge in [-0.05, 0) is 68.7 Å². The topological polar surface area (TPSA) is 35.1 Å². The van der Waals surface area contributed by atoms with Crippen molar-refractivity contribution in [3.05, 3.63) is 34.9 Å². The Morgan fingerprint density at radius 2 is 1.86 bits per heavy atom. The summed E-state index contributed by atoms with van der Waals surface area (Å²) in [5.41, 5.74) is 0.958. The fraction of sp³-hybridized carbons (Fsp3) is 0.625. The third-order valence-corrected chi connectivity index (χ3v) is 6.19. The molecule has 2 atom stereocenters. The highest BCUT2D eigenvalue weighted by atomic mass is 32.2. The molecule has 1 aromatic carbocycles. The van der Waals surface area contributed by atoms with Crippen molar-refractivity contribution in [2.45, 2.75) is 62.4 Å². The molecule has 22 heavy (non-hydrogen) atoms. The number of hydrogen-bond acceptors (Lipinski definition) is 2. The number of fused-ring (bicyclic) bond motifs is 2. The second-order valence-electron chi connectivity index (χ2n) is 7.34. The summed E-state index contributed by atoms with van der Waals surface area (Å²) in [6, 6.07) is 3.86. The van der Waals surface area contributed by atoms with Crippen molar-refractivity contribution in [3.63, 3.8) is 0 Å². The molecule has 1 N–H and O–H groups in total. The zero-order chi connectivity index (χ0) is 16.3. The van der Waals surface area contributed by atoms with Gasteiger partial charge < -0.3 is 4.55 Å². The SMILES string of the molecule is CC(C)(C)[S+]([O-])N[C@@H]1CC2(CC2)c2cc(C(F)(F)F)ccc21. The van der Waals surface area contributed by atoms with E-state index in [-0.39, 0.29) is 11.5 Å². The third kappa shape index (κ3) is 2.76. The maximum Gasteiger partial charge on any atom is 0.416 e. The molecule has 0 saturated heterocycles. The van der Waals surface area contributed by atoms with Gasteiger partial charge in [-0.3, -0.25) is 0 Å². The first-order valence-electron chi connectivity index (χ1n) is 7.43. The highest BCUT2D eigenvalue weighted by molar-refractivity contribution is 7.90. The Labute approximate surface area is 131 Å². The molecule has 1 spiro atoms. The minimum Gasteiger partial charge on any atom is -0.598 e. The number of hydrogen-bond donors (Lipinski definition) is 1. The molecule has 0 amide bonds. The van der Waals surface area contributed by atoms with Crippen LogP contribution in [0.2, 0.25) is 0 Å². The fourth-order valence-corrected chi connectivity index (χ4v) is 3.96. The van der Waals surface area contributed by atoms with E-state index in [9.17, 15) is 17.7 Å². The van der Waals surface area contributed by atoms with Gasteiger partial charge in [-0.25, -0.2) is 0 Å². The van der Waals surface area contributed by atoms with Gasteiger partial charge in [0.2, 0.25) is 0 Å². The predicted octanol–water partition coefficient (Wildman–Crippen LogP) is 4.23. The fourth-order valence-electron chi connectivity index (χ4n) is 3.14. The zero-order valence-corrected chi connectivity index (χ0v) is 13.7. The molecule has 122 valence electrons. The van der Waals surface area contributed by atoms with Gasteiger partial charge in [0.1, 0.15) is 4.75 Å². The molecule has 0 heterocycles. The highest BCUT2D eigenvalue weighted by Gasteiger charge is 2.54. The van der Waals surface area contributed by atoms with Gasteiger partial charge in [0.15, 0.2) is 0 Å². The van der Waals surface area contributed by atoms with Crippen molar-refractivity contribution in [1.82, 2.24) is 4.72 Å². The molecule has 0 bridgehead atoms. The lowest BCUT2D eigenvalue weighted by molar-refractivity contribution is -0.137. The van der Waals surface area contributed by atoms with Gasteiger partial charge in [-0.15, -0.1) is 4.72 Å². The normalized spacial score (nSPS) is 24.4. The van der Waals surface area contributed by atoms with E-state index in [0.29, 0.717) is 0 Å². The maximum absolute atomic E-state index is 12.9. The summed E-state index contributed by atoms with van der Waals surface area (Å²) >= 11 is -1.23. The lowest BCUT2D eigenvalue weighted by Crippen LogP contribution is -2.40. The molecule has 0 aromatic heterocycles. The van der Waals surface area contributed by atoms with Crippen molar-refractivity contribution < 1.29 is 17.7 Å². The van der Waals surface area contributed by atoms with E-state index in [2.05, 4.69) is 4.72 Å². The molecule has 1 aromatic rings. The number of benzene rings is 1. The molecular formula is C16H20F3NOS. The van der Waals surface area contributed by atoms with Crippen molar-refractivity contribution in [3.8, 4) is 0 Å². The van der Waals surface area contributed by atoms with Gasteiger partial charge in [0.05, 0.1) is 11.6 Å². The Hall–Kier alpha value is -0.720. The second-order valence-corrected chi connectivity index (χ2v) is 9.33. The first-order chi connectivity index (χ1) is 10.0. The largest absolute Gasteiger partial charge is 0.598 e. The van der Waals surface area contributed by atoms with Crippen LogP contribution >= 0.6 is 0 Å². The smallest absolute Gasteiger partial charge is 0.416 e.